The molecule has 2 aliphatic rings. The van der Waals surface area contributed by atoms with Gasteiger partial charge in [-0.05, 0) is 66.5 Å². The Morgan fingerprint density at radius 3 is 2.14 bits per heavy atom. The number of urea groups is 1. The Morgan fingerprint density at radius 2 is 1.42 bits per heavy atom. The maximum atomic E-state index is 12.9. The molecule has 2 aliphatic carbocycles. The van der Waals surface area contributed by atoms with E-state index in [4.69, 9.17) is 0 Å². The Bertz CT molecular complexity index is 1270. The van der Waals surface area contributed by atoms with E-state index < -0.39 is 17.8 Å². The normalized spacial score (nSPS) is 20.8. The lowest BCUT2D eigenvalue weighted by Crippen LogP contribution is -2.34. The van der Waals surface area contributed by atoms with Crippen molar-refractivity contribution in [2.75, 3.05) is 5.32 Å². The van der Waals surface area contributed by atoms with Gasteiger partial charge in [-0.2, -0.15) is 0 Å². The average molecular weight is 483 g/mol. The Morgan fingerprint density at radius 1 is 0.750 bits per heavy atom. The van der Waals surface area contributed by atoms with Crippen LogP contribution >= 0.6 is 0 Å². The predicted molar refractivity (Wildman–Crippen MR) is 139 cm³/mol. The number of nitrogens with one attached hydrogen (secondary N) is 2. The highest BCUT2D eigenvalue weighted by atomic mass is 16.4. The zero-order valence-electron chi connectivity index (χ0n) is 20.1. The standard InChI is InChI=1S/C30H30N2O4/c33-28(25-8-4-9-26(25)29(34)35)22-13-11-19(12-14-22)20-15-17-23(18-16-20)31-30(36)32-27-10-3-6-21-5-1-2-7-24(21)27/h1-2,5,7,11-18,25-27H,3-4,6,8-10H2,(H,34,35)(H2,31,32,36)/t25-,26-,27?/m1/s1. The molecule has 6 nitrogen and oxygen atoms in total. The van der Waals surface area contributed by atoms with Gasteiger partial charge in [0, 0.05) is 17.2 Å². The molecule has 184 valence electrons. The van der Waals surface area contributed by atoms with Crippen LogP contribution in [0.2, 0.25) is 0 Å². The summed E-state index contributed by atoms with van der Waals surface area (Å²) in [5.74, 6) is -1.99. The van der Waals surface area contributed by atoms with Crippen LogP contribution in [0.4, 0.5) is 10.5 Å². The van der Waals surface area contributed by atoms with Gasteiger partial charge in [0.25, 0.3) is 0 Å². The number of ketones is 1. The number of rotatable bonds is 6. The number of aliphatic carboxylic acids is 1. The number of carbonyl (C=O) groups is 3. The molecule has 6 heteroatoms. The van der Waals surface area contributed by atoms with Gasteiger partial charge in [0.2, 0.25) is 0 Å². The molecular formula is C30H30N2O4. The molecule has 0 radical (unpaired) electrons. The zero-order valence-corrected chi connectivity index (χ0v) is 20.1. The summed E-state index contributed by atoms with van der Waals surface area (Å²) in [6.07, 6.45) is 5.01. The van der Waals surface area contributed by atoms with Gasteiger partial charge in [0.05, 0.1) is 12.0 Å². The molecule has 0 aliphatic heterocycles. The minimum atomic E-state index is -0.881. The van der Waals surface area contributed by atoms with Gasteiger partial charge < -0.3 is 15.7 Å². The van der Waals surface area contributed by atoms with Crippen molar-refractivity contribution >= 4 is 23.5 Å². The molecule has 1 fully saturated rings. The summed E-state index contributed by atoms with van der Waals surface area (Å²) in [4.78, 5) is 36.9. The molecule has 1 unspecified atom stereocenters. The maximum absolute atomic E-state index is 12.9. The number of aryl methyl sites for hydroxylation is 1. The lowest BCUT2D eigenvalue weighted by molar-refractivity contribution is -0.142. The largest absolute Gasteiger partial charge is 0.481 e. The summed E-state index contributed by atoms with van der Waals surface area (Å²) in [7, 11) is 0. The fraction of sp³-hybridized carbons (Fsp3) is 0.300. The molecular weight excluding hydrogens is 452 g/mol. The third kappa shape index (κ3) is 5.03. The van der Waals surface area contributed by atoms with E-state index in [2.05, 4.69) is 22.8 Å². The smallest absolute Gasteiger partial charge is 0.319 e. The Hall–Kier alpha value is -3.93. The molecule has 0 aromatic heterocycles. The summed E-state index contributed by atoms with van der Waals surface area (Å²) < 4.78 is 0. The summed E-state index contributed by atoms with van der Waals surface area (Å²) in [6, 6.07) is 23.0. The molecule has 3 atom stereocenters. The van der Waals surface area contributed by atoms with E-state index in [1.54, 1.807) is 12.1 Å². The minimum Gasteiger partial charge on any atom is -0.481 e. The lowest BCUT2D eigenvalue weighted by atomic mass is 9.88. The first kappa shape index (κ1) is 23.8. The monoisotopic (exact) mass is 482 g/mol. The molecule has 2 amide bonds. The quantitative estimate of drug-likeness (QED) is 0.363. The van der Waals surface area contributed by atoms with Crippen molar-refractivity contribution in [2.45, 2.75) is 44.6 Å². The number of Topliss-reactive ketones (excluding diaryl/α,β-unsaturated/α-hetero) is 1. The van der Waals surface area contributed by atoms with E-state index in [0.29, 0.717) is 24.1 Å². The molecule has 0 heterocycles. The lowest BCUT2D eigenvalue weighted by Gasteiger charge is -2.26. The van der Waals surface area contributed by atoms with Crippen molar-refractivity contribution < 1.29 is 19.5 Å². The van der Waals surface area contributed by atoms with Gasteiger partial charge in [0.1, 0.15) is 0 Å². The van der Waals surface area contributed by atoms with Crippen molar-refractivity contribution in [3.63, 3.8) is 0 Å². The Balaban J connectivity index is 1.20. The van der Waals surface area contributed by atoms with E-state index in [1.807, 2.05) is 48.5 Å². The first-order valence-corrected chi connectivity index (χ1v) is 12.6. The third-order valence-electron chi connectivity index (χ3n) is 7.49. The van der Waals surface area contributed by atoms with Crippen molar-refractivity contribution in [2.24, 2.45) is 11.8 Å². The number of carboxylic acid groups (broad SMARTS) is 1. The molecule has 3 aromatic carbocycles. The van der Waals surface area contributed by atoms with E-state index in [-0.39, 0.29) is 17.9 Å². The van der Waals surface area contributed by atoms with Crippen LogP contribution in [-0.2, 0) is 11.2 Å². The van der Waals surface area contributed by atoms with Gasteiger partial charge in [-0.15, -0.1) is 0 Å². The minimum absolute atomic E-state index is 0.0189. The van der Waals surface area contributed by atoms with Gasteiger partial charge in [-0.1, -0.05) is 67.1 Å². The van der Waals surface area contributed by atoms with Crippen LogP contribution < -0.4 is 10.6 Å². The third-order valence-corrected chi connectivity index (χ3v) is 7.49. The van der Waals surface area contributed by atoms with Crippen LogP contribution in [-0.4, -0.2) is 22.9 Å². The van der Waals surface area contributed by atoms with E-state index in [1.165, 1.54) is 11.1 Å². The summed E-state index contributed by atoms with van der Waals surface area (Å²) in [5, 5.41) is 15.4. The molecule has 1 saturated carbocycles. The van der Waals surface area contributed by atoms with Crippen LogP contribution in [0.5, 0.6) is 0 Å². The summed E-state index contributed by atoms with van der Waals surface area (Å²) >= 11 is 0. The number of fused-ring (bicyclic) bond motifs is 1. The highest BCUT2D eigenvalue weighted by molar-refractivity contribution is 6.00. The maximum Gasteiger partial charge on any atom is 0.319 e. The fourth-order valence-electron chi connectivity index (χ4n) is 5.59. The van der Waals surface area contributed by atoms with Gasteiger partial charge in [-0.25, -0.2) is 4.79 Å². The highest BCUT2D eigenvalue weighted by Crippen LogP contribution is 2.35. The average Bonchev–Trinajstić information content (AvgIpc) is 3.40. The molecule has 3 aromatic rings. The second-order valence-corrected chi connectivity index (χ2v) is 9.74. The molecule has 3 N–H and O–H groups in total. The number of hydrogen-bond acceptors (Lipinski definition) is 3. The highest BCUT2D eigenvalue weighted by Gasteiger charge is 2.37. The van der Waals surface area contributed by atoms with Crippen LogP contribution in [0.3, 0.4) is 0 Å². The molecule has 5 rings (SSSR count). The number of benzene rings is 3. The second kappa shape index (κ2) is 10.4. The van der Waals surface area contributed by atoms with Crippen molar-refractivity contribution in [1.82, 2.24) is 5.32 Å². The molecule has 0 bridgehead atoms. The van der Waals surface area contributed by atoms with Crippen LogP contribution in [0, 0.1) is 11.8 Å². The number of amides is 2. The number of carbonyl (C=O) groups excluding carboxylic acids is 2. The van der Waals surface area contributed by atoms with E-state index in [0.717, 1.165) is 36.8 Å². The van der Waals surface area contributed by atoms with Crippen LogP contribution in [0.25, 0.3) is 11.1 Å². The molecule has 0 saturated heterocycles. The number of anilines is 1. The predicted octanol–water partition coefficient (Wildman–Crippen LogP) is 6.24. The van der Waals surface area contributed by atoms with E-state index in [9.17, 15) is 19.5 Å². The van der Waals surface area contributed by atoms with Crippen molar-refractivity contribution in [3.8, 4) is 11.1 Å². The summed E-state index contributed by atoms with van der Waals surface area (Å²) in [5.41, 5.74) is 5.66. The van der Waals surface area contributed by atoms with Crippen molar-refractivity contribution in [1.29, 1.82) is 0 Å². The Labute approximate surface area is 210 Å². The first-order chi connectivity index (χ1) is 17.5. The van der Waals surface area contributed by atoms with Gasteiger partial charge in [-0.3, -0.25) is 9.59 Å². The SMILES string of the molecule is O=C(Nc1ccc(-c2ccc(C(=O)[C@@H]3CCC[C@H]3C(=O)O)cc2)cc1)NC1CCCc2ccccc21. The first-order valence-electron chi connectivity index (χ1n) is 12.6. The fourth-order valence-corrected chi connectivity index (χ4v) is 5.59. The second-order valence-electron chi connectivity index (χ2n) is 9.74. The van der Waals surface area contributed by atoms with Gasteiger partial charge in [0.15, 0.2) is 5.78 Å². The Kier molecular flexibility index (Phi) is 6.85. The molecule has 36 heavy (non-hydrogen) atoms. The zero-order chi connectivity index (χ0) is 25.1. The topological polar surface area (TPSA) is 95.5 Å². The van der Waals surface area contributed by atoms with Crippen molar-refractivity contribution in [3.05, 3.63) is 89.5 Å². The number of hydrogen-bond donors (Lipinski definition) is 3. The van der Waals surface area contributed by atoms with Crippen LogP contribution in [0.1, 0.15) is 59.6 Å². The van der Waals surface area contributed by atoms with E-state index >= 15 is 0 Å². The summed E-state index contributed by atoms with van der Waals surface area (Å²) in [6.45, 7) is 0. The van der Waals surface area contributed by atoms with Crippen LogP contribution in [0.15, 0.2) is 72.8 Å². The molecule has 0 spiro atoms. The van der Waals surface area contributed by atoms with Gasteiger partial charge >= 0.3 is 12.0 Å². The number of carboxylic acids is 1.